The molecule has 5 nitrogen and oxygen atoms in total. The van der Waals surface area contributed by atoms with Crippen LogP contribution < -0.4 is 10.1 Å². The summed E-state index contributed by atoms with van der Waals surface area (Å²) in [7, 11) is 1.40. The molecule has 0 aliphatic carbocycles. The topological polar surface area (TPSA) is 75.6 Å². The van der Waals surface area contributed by atoms with Gasteiger partial charge in [-0.3, -0.25) is 4.79 Å². The Morgan fingerprint density at radius 1 is 1.12 bits per heavy atom. The number of hydrogen-bond acceptors (Lipinski definition) is 4. The Labute approximate surface area is 151 Å². The van der Waals surface area contributed by atoms with Gasteiger partial charge >= 0.3 is 5.97 Å². The fraction of sp³-hybridized carbons (Fsp3) is 0.368. The number of anilines is 1. The van der Waals surface area contributed by atoms with Gasteiger partial charge in [0.25, 0.3) is 5.91 Å². The predicted molar refractivity (Wildman–Crippen MR) is 100 cm³/mol. The minimum absolute atomic E-state index is 0.0563. The van der Waals surface area contributed by atoms with Crippen molar-refractivity contribution in [3.8, 4) is 5.75 Å². The number of nitrogens with one attached hydrogen (secondary N) is 1. The summed E-state index contributed by atoms with van der Waals surface area (Å²) in [5.74, 6) is -0.355. The molecule has 0 spiro atoms. The van der Waals surface area contributed by atoms with Gasteiger partial charge < -0.3 is 15.2 Å². The molecule has 6 heteroatoms. The molecule has 1 aromatic carbocycles. The van der Waals surface area contributed by atoms with Gasteiger partial charge in [0.05, 0.1) is 12.0 Å². The molecular formula is C19H23NO4S. The molecule has 0 saturated heterocycles. The number of rotatable bonds is 6. The van der Waals surface area contributed by atoms with Crippen molar-refractivity contribution in [3.63, 3.8) is 0 Å². The fourth-order valence-electron chi connectivity index (χ4n) is 2.57. The average Bonchev–Trinajstić information content (AvgIpc) is 3.00. The molecule has 2 rings (SSSR count). The maximum atomic E-state index is 12.6. The van der Waals surface area contributed by atoms with Crippen molar-refractivity contribution < 1.29 is 19.4 Å². The quantitative estimate of drug-likeness (QED) is 0.763. The SMILES string of the molecule is COc1cc(NC(=O)c2cc(C(C)C)c(C(C)C)s2)ccc1C(=O)O. The van der Waals surface area contributed by atoms with E-state index < -0.39 is 5.97 Å². The smallest absolute Gasteiger partial charge is 0.339 e. The van der Waals surface area contributed by atoms with Gasteiger partial charge in [0.1, 0.15) is 11.3 Å². The first-order chi connectivity index (χ1) is 11.7. The second-order valence-electron chi connectivity index (χ2n) is 6.41. The van der Waals surface area contributed by atoms with Crippen LogP contribution in [0.3, 0.4) is 0 Å². The second kappa shape index (κ2) is 7.70. The average molecular weight is 361 g/mol. The number of ether oxygens (including phenoxy) is 1. The number of thiophene rings is 1. The summed E-state index contributed by atoms with van der Waals surface area (Å²) in [6, 6.07) is 6.44. The highest BCUT2D eigenvalue weighted by Crippen LogP contribution is 2.34. The zero-order valence-corrected chi connectivity index (χ0v) is 15.9. The van der Waals surface area contributed by atoms with Gasteiger partial charge in [-0.2, -0.15) is 0 Å². The van der Waals surface area contributed by atoms with Gasteiger partial charge in [0.2, 0.25) is 0 Å². The molecule has 0 bridgehead atoms. The maximum absolute atomic E-state index is 12.6. The summed E-state index contributed by atoms with van der Waals surface area (Å²) in [6.07, 6.45) is 0. The Balaban J connectivity index is 2.28. The van der Waals surface area contributed by atoms with Crippen molar-refractivity contribution in [1.82, 2.24) is 0 Å². The molecule has 0 saturated carbocycles. The van der Waals surface area contributed by atoms with E-state index in [1.165, 1.54) is 41.0 Å². The van der Waals surface area contributed by atoms with E-state index in [2.05, 4.69) is 33.0 Å². The van der Waals surface area contributed by atoms with E-state index in [9.17, 15) is 9.59 Å². The van der Waals surface area contributed by atoms with E-state index >= 15 is 0 Å². The standard InChI is InChI=1S/C19H23NO4S/c1-10(2)14-9-16(25-17(14)11(3)4)18(21)20-12-6-7-13(19(22)23)15(8-12)24-5/h6-11H,1-5H3,(H,20,21)(H,22,23). The lowest BCUT2D eigenvalue weighted by molar-refractivity contribution is 0.0693. The minimum Gasteiger partial charge on any atom is -0.496 e. The molecule has 1 aromatic heterocycles. The van der Waals surface area contributed by atoms with Crippen molar-refractivity contribution in [1.29, 1.82) is 0 Å². The molecular weight excluding hydrogens is 338 g/mol. The van der Waals surface area contributed by atoms with Crippen LogP contribution in [0.2, 0.25) is 0 Å². The van der Waals surface area contributed by atoms with Gasteiger partial charge in [-0.1, -0.05) is 27.7 Å². The van der Waals surface area contributed by atoms with E-state index in [1.807, 2.05) is 6.07 Å². The highest BCUT2D eigenvalue weighted by atomic mass is 32.1. The lowest BCUT2D eigenvalue weighted by Gasteiger charge is -2.08. The molecule has 0 fully saturated rings. The van der Waals surface area contributed by atoms with Crippen molar-refractivity contribution in [2.75, 3.05) is 12.4 Å². The molecule has 0 aliphatic rings. The number of benzene rings is 1. The number of carboxylic acids is 1. The second-order valence-corrected chi connectivity index (χ2v) is 7.50. The maximum Gasteiger partial charge on any atom is 0.339 e. The monoisotopic (exact) mass is 361 g/mol. The van der Waals surface area contributed by atoms with Crippen molar-refractivity contribution in [2.45, 2.75) is 39.5 Å². The van der Waals surface area contributed by atoms with Crippen molar-refractivity contribution >= 4 is 28.9 Å². The highest BCUT2D eigenvalue weighted by molar-refractivity contribution is 7.14. The van der Waals surface area contributed by atoms with E-state index in [0.29, 0.717) is 22.4 Å². The van der Waals surface area contributed by atoms with Crippen LogP contribution in [0.5, 0.6) is 5.75 Å². The summed E-state index contributed by atoms with van der Waals surface area (Å²) in [5.41, 5.74) is 1.75. The molecule has 25 heavy (non-hydrogen) atoms. The third kappa shape index (κ3) is 4.20. The summed E-state index contributed by atoms with van der Waals surface area (Å²) >= 11 is 1.50. The van der Waals surface area contributed by atoms with Crippen LogP contribution in [0.4, 0.5) is 5.69 Å². The van der Waals surface area contributed by atoms with Crippen molar-refractivity contribution in [2.24, 2.45) is 0 Å². The summed E-state index contributed by atoms with van der Waals surface area (Å²) in [6.45, 7) is 8.47. The lowest BCUT2D eigenvalue weighted by atomic mass is 9.99. The normalized spacial score (nSPS) is 11.0. The van der Waals surface area contributed by atoms with Crippen LogP contribution in [0.1, 0.15) is 70.0 Å². The molecule has 0 unspecified atom stereocenters. The molecule has 0 radical (unpaired) electrons. The molecule has 2 N–H and O–H groups in total. The Hall–Kier alpha value is -2.34. The Morgan fingerprint density at radius 2 is 1.80 bits per heavy atom. The van der Waals surface area contributed by atoms with Crippen LogP contribution >= 0.6 is 11.3 Å². The Bertz CT molecular complexity index is 767. The number of hydrogen-bond donors (Lipinski definition) is 2. The fourth-order valence-corrected chi connectivity index (χ4v) is 3.79. The number of carbonyl (C=O) groups excluding carboxylic acids is 1. The number of carbonyl (C=O) groups is 2. The largest absolute Gasteiger partial charge is 0.496 e. The number of aromatic carboxylic acids is 1. The van der Waals surface area contributed by atoms with Gasteiger partial charge in [-0.15, -0.1) is 11.3 Å². The number of methoxy groups -OCH3 is 1. The number of amides is 1. The van der Waals surface area contributed by atoms with Gasteiger partial charge in [0, 0.05) is 16.6 Å². The van der Waals surface area contributed by atoms with Gasteiger partial charge in [-0.05, 0) is 35.6 Å². The highest BCUT2D eigenvalue weighted by Gasteiger charge is 2.19. The first kappa shape index (κ1) is 19.0. The molecule has 0 atom stereocenters. The van der Waals surface area contributed by atoms with Gasteiger partial charge in [0.15, 0.2) is 0 Å². The van der Waals surface area contributed by atoms with Crippen LogP contribution in [0.15, 0.2) is 24.3 Å². The summed E-state index contributed by atoms with van der Waals surface area (Å²) in [5, 5.41) is 11.9. The van der Waals surface area contributed by atoms with Crippen LogP contribution in [0, 0.1) is 0 Å². The van der Waals surface area contributed by atoms with Crippen LogP contribution in [-0.4, -0.2) is 24.1 Å². The molecule has 2 aromatic rings. The third-order valence-electron chi connectivity index (χ3n) is 3.85. The van der Waals surface area contributed by atoms with Crippen LogP contribution in [0.25, 0.3) is 0 Å². The van der Waals surface area contributed by atoms with Gasteiger partial charge in [-0.25, -0.2) is 4.79 Å². The van der Waals surface area contributed by atoms with E-state index in [0.717, 1.165) is 0 Å². The van der Waals surface area contributed by atoms with E-state index in [-0.39, 0.29) is 17.2 Å². The van der Waals surface area contributed by atoms with E-state index in [4.69, 9.17) is 9.84 Å². The zero-order chi connectivity index (χ0) is 18.7. The zero-order valence-electron chi connectivity index (χ0n) is 15.0. The van der Waals surface area contributed by atoms with Crippen molar-refractivity contribution in [3.05, 3.63) is 45.1 Å². The minimum atomic E-state index is -1.07. The molecule has 1 heterocycles. The van der Waals surface area contributed by atoms with E-state index in [1.54, 1.807) is 6.07 Å². The molecule has 0 aliphatic heterocycles. The first-order valence-electron chi connectivity index (χ1n) is 8.10. The lowest BCUT2D eigenvalue weighted by Crippen LogP contribution is -2.11. The Kier molecular flexibility index (Phi) is 5.85. The summed E-state index contributed by atoms with van der Waals surface area (Å²) in [4.78, 5) is 25.6. The Morgan fingerprint density at radius 3 is 2.28 bits per heavy atom. The third-order valence-corrected chi connectivity index (χ3v) is 5.30. The summed E-state index contributed by atoms with van der Waals surface area (Å²) < 4.78 is 5.09. The molecule has 1 amide bonds. The molecule has 134 valence electrons. The number of carboxylic acid groups (broad SMARTS) is 1. The first-order valence-corrected chi connectivity index (χ1v) is 8.92. The van der Waals surface area contributed by atoms with Crippen LogP contribution in [-0.2, 0) is 0 Å². The predicted octanol–water partition coefficient (Wildman–Crippen LogP) is 4.95.